The minimum Gasteiger partial charge on any atom is -0.449 e. The highest BCUT2D eigenvalue weighted by Crippen LogP contribution is 2.61. The van der Waals surface area contributed by atoms with Crippen molar-refractivity contribution in [3.8, 4) is 46.0 Å². The molecule has 0 aromatic heterocycles. The van der Waals surface area contributed by atoms with Crippen molar-refractivity contribution in [3.63, 3.8) is 0 Å². The van der Waals surface area contributed by atoms with Crippen molar-refractivity contribution in [2.45, 2.75) is 104 Å². The average molecular weight is 527 g/mol. The van der Waals surface area contributed by atoms with Crippen molar-refractivity contribution in [1.29, 1.82) is 0 Å². The smallest absolute Gasteiger partial charge is 0.246 e. The van der Waals surface area contributed by atoms with Crippen LogP contribution in [0.2, 0.25) is 0 Å². The van der Waals surface area contributed by atoms with Crippen LogP contribution in [0.4, 0.5) is 0 Å². The molecular weight excluding hydrogens is 492 g/mol. The fourth-order valence-corrected chi connectivity index (χ4v) is 5.60. The summed E-state index contributed by atoms with van der Waals surface area (Å²) in [5, 5.41) is 0. The second-order valence-corrected chi connectivity index (χ2v) is 12.7. The van der Waals surface area contributed by atoms with Gasteiger partial charge in [0.25, 0.3) is 0 Å². The third kappa shape index (κ3) is 3.69. The molecule has 204 valence electrons. The van der Waals surface area contributed by atoms with Gasteiger partial charge in [-0.3, -0.25) is 4.79 Å². The van der Waals surface area contributed by atoms with Crippen LogP contribution in [0.25, 0.3) is 0 Å². The molecule has 2 aromatic carbocycles. The molecule has 0 radical (unpaired) electrons. The Labute approximate surface area is 222 Å². The zero-order valence-corrected chi connectivity index (χ0v) is 23.5. The van der Waals surface area contributed by atoms with Gasteiger partial charge in [-0.2, -0.15) is 0 Å². The first-order chi connectivity index (χ1) is 17.4. The fraction of sp³-hybridized carbons (Fsp3) is 0.552. The lowest BCUT2D eigenvalue weighted by Gasteiger charge is -2.30. The van der Waals surface area contributed by atoms with E-state index in [0.717, 1.165) is 17.4 Å². The van der Waals surface area contributed by atoms with Crippen LogP contribution in [0.3, 0.4) is 0 Å². The second-order valence-electron chi connectivity index (χ2n) is 12.7. The number of hydrogen-bond acceptors (Lipinski definition) is 9. The van der Waals surface area contributed by atoms with Crippen molar-refractivity contribution in [1.82, 2.24) is 0 Å². The molecule has 2 aromatic rings. The number of hydrogen-bond donors (Lipinski definition) is 0. The fourth-order valence-electron chi connectivity index (χ4n) is 5.60. The zero-order chi connectivity index (χ0) is 27.6. The van der Waals surface area contributed by atoms with Crippen LogP contribution in [-0.2, 0) is 11.8 Å². The van der Waals surface area contributed by atoms with E-state index in [4.69, 9.17) is 37.9 Å². The van der Waals surface area contributed by atoms with E-state index in [1.807, 2.05) is 33.8 Å². The molecule has 0 unspecified atom stereocenters. The van der Waals surface area contributed by atoms with E-state index < -0.39 is 28.6 Å². The van der Waals surface area contributed by atoms with Gasteiger partial charge in [-0.1, -0.05) is 13.8 Å². The maximum absolute atomic E-state index is 12.2. The Morgan fingerprint density at radius 1 is 0.605 bits per heavy atom. The molecule has 0 aliphatic carbocycles. The first kappa shape index (κ1) is 24.8. The molecule has 0 amide bonds. The molecular formula is C29H34O9. The third-order valence-corrected chi connectivity index (χ3v) is 6.83. The molecule has 0 N–H and O–H groups in total. The maximum Gasteiger partial charge on any atom is 0.246 e. The lowest BCUT2D eigenvalue weighted by atomic mass is 9.77. The maximum atomic E-state index is 12.2. The van der Waals surface area contributed by atoms with Gasteiger partial charge in [0.1, 0.15) is 5.56 Å². The van der Waals surface area contributed by atoms with Crippen LogP contribution in [-0.4, -0.2) is 29.4 Å². The topological polar surface area (TPSA) is 90.9 Å². The van der Waals surface area contributed by atoms with Gasteiger partial charge in [0.05, 0.1) is 5.56 Å². The van der Waals surface area contributed by atoms with Gasteiger partial charge >= 0.3 is 0 Å². The Hall–Kier alpha value is -3.49. The van der Waals surface area contributed by atoms with Crippen molar-refractivity contribution in [3.05, 3.63) is 22.8 Å². The Morgan fingerprint density at radius 2 is 0.974 bits per heavy atom. The van der Waals surface area contributed by atoms with Crippen molar-refractivity contribution in [2.75, 3.05) is 0 Å². The highest BCUT2D eigenvalue weighted by Gasteiger charge is 2.50. The quantitative estimate of drug-likeness (QED) is 0.442. The molecule has 4 heterocycles. The lowest BCUT2D eigenvalue weighted by Crippen LogP contribution is -2.32. The van der Waals surface area contributed by atoms with Crippen LogP contribution in [0.15, 0.2) is 6.07 Å². The summed E-state index contributed by atoms with van der Waals surface area (Å²) in [6.45, 7) is 18.8. The number of benzene rings is 2. The molecule has 9 heteroatoms. The van der Waals surface area contributed by atoms with Gasteiger partial charge in [0, 0.05) is 72.4 Å². The Bertz CT molecular complexity index is 1310. The molecule has 6 rings (SSSR count). The summed E-state index contributed by atoms with van der Waals surface area (Å²) in [6.07, 6.45) is 1.16. The number of rotatable bonds is 4. The van der Waals surface area contributed by atoms with Gasteiger partial charge in [0.15, 0.2) is 52.3 Å². The number of carbonyl (C=O) groups is 1. The molecule has 9 nitrogen and oxygen atoms in total. The SMILES string of the molecule is CC1(C)Oc2cc3c(c(CC(C)(C)c4c5c(c(C=O)c6c4OC(C)(C)O6)OC(C)(C)O5)c2O1)OC(C)(C)O3. The summed E-state index contributed by atoms with van der Waals surface area (Å²) in [6, 6.07) is 1.82. The number of fused-ring (bicyclic) bond motifs is 4. The first-order valence-electron chi connectivity index (χ1n) is 12.8. The van der Waals surface area contributed by atoms with E-state index in [2.05, 4.69) is 13.8 Å². The van der Waals surface area contributed by atoms with Gasteiger partial charge in [-0.25, -0.2) is 0 Å². The Kier molecular flexibility index (Phi) is 4.65. The molecule has 4 aliphatic rings. The van der Waals surface area contributed by atoms with Gasteiger partial charge < -0.3 is 37.9 Å². The van der Waals surface area contributed by atoms with Crippen LogP contribution in [0.5, 0.6) is 46.0 Å². The lowest BCUT2D eigenvalue weighted by molar-refractivity contribution is -0.0511. The number of carbonyl (C=O) groups excluding carboxylic acids is 1. The van der Waals surface area contributed by atoms with Crippen molar-refractivity contribution in [2.24, 2.45) is 0 Å². The molecule has 0 spiro atoms. The third-order valence-electron chi connectivity index (χ3n) is 6.83. The average Bonchev–Trinajstić information content (AvgIpc) is 3.42. The molecule has 38 heavy (non-hydrogen) atoms. The highest BCUT2D eigenvalue weighted by molar-refractivity contribution is 5.90. The number of aldehydes is 1. The Morgan fingerprint density at radius 3 is 1.39 bits per heavy atom. The molecule has 0 saturated carbocycles. The van der Waals surface area contributed by atoms with E-state index in [1.165, 1.54) is 0 Å². The normalized spacial score (nSPS) is 21.5. The minimum absolute atomic E-state index is 0.268. The van der Waals surface area contributed by atoms with E-state index in [9.17, 15) is 4.79 Å². The van der Waals surface area contributed by atoms with Gasteiger partial charge in [0.2, 0.25) is 23.1 Å². The predicted octanol–water partition coefficient (Wildman–Crippen LogP) is 6.05. The summed E-state index contributed by atoms with van der Waals surface area (Å²) < 4.78 is 49.6. The molecule has 0 saturated heterocycles. The summed E-state index contributed by atoms with van der Waals surface area (Å²) in [5.41, 5.74) is 1.14. The molecule has 0 fully saturated rings. The van der Waals surface area contributed by atoms with Crippen molar-refractivity contribution < 1.29 is 42.7 Å². The minimum atomic E-state index is -0.979. The first-order valence-corrected chi connectivity index (χ1v) is 12.8. The summed E-state index contributed by atoms with van der Waals surface area (Å²) >= 11 is 0. The predicted molar refractivity (Wildman–Crippen MR) is 136 cm³/mol. The summed E-state index contributed by atoms with van der Waals surface area (Å²) in [4.78, 5) is 12.2. The van der Waals surface area contributed by atoms with Gasteiger partial charge in [-0.15, -0.1) is 0 Å². The van der Waals surface area contributed by atoms with Crippen LogP contribution < -0.4 is 37.9 Å². The van der Waals surface area contributed by atoms with Crippen LogP contribution >= 0.6 is 0 Å². The molecule has 0 atom stereocenters. The second kappa shape index (κ2) is 7.12. The Balaban J connectivity index is 1.55. The monoisotopic (exact) mass is 526 g/mol. The molecule has 0 bridgehead atoms. The van der Waals surface area contributed by atoms with Crippen molar-refractivity contribution >= 4 is 6.29 Å². The summed E-state index contributed by atoms with van der Waals surface area (Å²) in [5.74, 6) is 0.359. The zero-order valence-electron chi connectivity index (χ0n) is 23.5. The van der Waals surface area contributed by atoms with Gasteiger partial charge in [-0.05, 0) is 6.42 Å². The van der Waals surface area contributed by atoms with Crippen LogP contribution in [0.1, 0.15) is 90.7 Å². The summed E-state index contributed by atoms with van der Waals surface area (Å²) in [7, 11) is 0. The van der Waals surface area contributed by atoms with E-state index >= 15 is 0 Å². The standard InChI is InChI=1S/C29H34O9/c1-25(2,12-14-19-16(31-26(3,4)33-19)11-17-20(14)34-27(5,6)32-17)18-23-21(35-28(7,8)37-23)15(13-30)22-24(18)38-29(9,10)36-22/h11,13H,12H2,1-10H3. The van der Waals surface area contributed by atoms with E-state index in [0.29, 0.717) is 52.4 Å². The largest absolute Gasteiger partial charge is 0.449 e. The van der Waals surface area contributed by atoms with E-state index in [1.54, 1.807) is 27.7 Å². The highest BCUT2D eigenvalue weighted by atomic mass is 16.8. The number of ether oxygens (including phenoxy) is 8. The van der Waals surface area contributed by atoms with E-state index in [-0.39, 0.29) is 5.56 Å². The van der Waals surface area contributed by atoms with Crippen LogP contribution in [0, 0.1) is 0 Å². The molecule has 4 aliphatic heterocycles.